The van der Waals surface area contributed by atoms with Gasteiger partial charge < -0.3 is 9.47 Å². The van der Waals surface area contributed by atoms with Gasteiger partial charge in [0, 0.05) is 31.9 Å². The van der Waals surface area contributed by atoms with E-state index in [0.717, 1.165) is 78.4 Å². The molecule has 3 aromatic heterocycles. The fraction of sp³-hybridized carbons (Fsp3) is 0.619. The second-order valence-corrected chi connectivity index (χ2v) is 17.9. The normalized spacial score (nSPS) is 14.3. The van der Waals surface area contributed by atoms with Crippen molar-refractivity contribution in [2.75, 3.05) is 19.8 Å². The Kier molecular flexibility index (Phi) is 14.3. The number of unbranched alkanes of at least 4 members (excludes halogenated alkanes) is 7. The number of benzene rings is 1. The van der Waals surface area contributed by atoms with Crippen LogP contribution in [-0.4, -0.2) is 36.5 Å². The van der Waals surface area contributed by atoms with Crippen LogP contribution in [0.3, 0.4) is 0 Å². The molecule has 2 atom stereocenters. The number of aryl methyl sites for hydroxylation is 2. The zero-order chi connectivity index (χ0) is 35.8. The number of fused-ring (bicyclic) bond motifs is 3. The summed E-state index contributed by atoms with van der Waals surface area (Å²) in [6.45, 7) is 17.3. The molecule has 4 aromatic rings. The third-order valence-corrected chi connectivity index (χ3v) is 13.9. The SMILES string of the molecule is CCCCCCCCN1C(=O)c2c(C)sc(-c3cc4c(OCC(CC)CCCC)c5sc(C)cc5c(OCC(CC)CCCC)c4s3)c2C1=O. The summed E-state index contributed by atoms with van der Waals surface area (Å²) >= 11 is 5.04. The lowest BCUT2D eigenvalue weighted by Crippen LogP contribution is -2.31. The Morgan fingerprint density at radius 1 is 0.640 bits per heavy atom. The fourth-order valence-corrected chi connectivity index (χ4v) is 10.7. The van der Waals surface area contributed by atoms with Gasteiger partial charge >= 0.3 is 0 Å². The van der Waals surface area contributed by atoms with Gasteiger partial charge in [0.05, 0.1) is 38.6 Å². The second kappa shape index (κ2) is 18.4. The molecule has 50 heavy (non-hydrogen) atoms. The molecule has 8 heteroatoms. The van der Waals surface area contributed by atoms with Crippen LogP contribution in [0, 0.1) is 25.7 Å². The van der Waals surface area contributed by atoms with E-state index in [1.54, 1.807) is 34.0 Å². The number of carbonyl (C=O) groups excluding carboxylic acids is 2. The Balaban J connectivity index is 1.56. The van der Waals surface area contributed by atoms with Crippen LogP contribution in [0.15, 0.2) is 12.1 Å². The minimum atomic E-state index is -0.136. The van der Waals surface area contributed by atoms with Crippen LogP contribution in [0.5, 0.6) is 11.5 Å². The summed E-state index contributed by atoms with van der Waals surface area (Å²) in [6.07, 6.45) is 16.0. The van der Waals surface area contributed by atoms with E-state index in [-0.39, 0.29) is 11.8 Å². The van der Waals surface area contributed by atoms with E-state index in [1.807, 2.05) is 6.92 Å². The van der Waals surface area contributed by atoms with E-state index in [2.05, 4.69) is 53.7 Å². The minimum absolute atomic E-state index is 0.126. The molecule has 1 aromatic carbocycles. The van der Waals surface area contributed by atoms with E-state index in [4.69, 9.17) is 9.47 Å². The Morgan fingerprint density at radius 3 is 1.78 bits per heavy atom. The van der Waals surface area contributed by atoms with Gasteiger partial charge in [-0.15, -0.1) is 34.0 Å². The molecule has 5 rings (SSSR count). The molecule has 0 bridgehead atoms. The molecule has 1 aliphatic rings. The quantitative estimate of drug-likeness (QED) is 0.0595. The number of hydrogen-bond donors (Lipinski definition) is 0. The Hall–Kier alpha value is -2.42. The molecular formula is C42H59NO4S3. The number of imide groups is 1. The van der Waals surface area contributed by atoms with Crippen molar-refractivity contribution in [2.45, 2.75) is 138 Å². The summed E-state index contributed by atoms with van der Waals surface area (Å²) in [5, 5.41) is 2.18. The van der Waals surface area contributed by atoms with Crippen molar-refractivity contribution in [2.24, 2.45) is 11.8 Å². The van der Waals surface area contributed by atoms with Crippen LogP contribution in [0.4, 0.5) is 0 Å². The number of hydrogen-bond acceptors (Lipinski definition) is 7. The second-order valence-electron chi connectivity index (χ2n) is 14.3. The van der Waals surface area contributed by atoms with Crippen molar-refractivity contribution in [1.82, 2.24) is 4.90 Å². The number of thiophene rings is 3. The number of rotatable bonds is 22. The fourth-order valence-electron chi connectivity index (χ4n) is 7.22. The Bertz CT molecular complexity index is 1670. The van der Waals surface area contributed by atoms with Gasteiger partial charge in [-0.25, -0.2) is 0 Å². The molecule has 0 saturated carbocycles. The van der Waals surface area contributed by atoms with Crippen LogP contribution < -0.4 is 9.47 Å². The van der Waals surface area contributed by atoms with Crippen LogP contribution in [0.1, 0.15) is 155 Å². The largest absolute Gasteiger partial charge is 0.491 e. The van der Waals surface area contributed by atoms with Crippen LogP contribution >= 0.6 is 34.0 Å². The van der Waals surface area contributed by atoms with Crippen molar-refractivity contribution in [3.63, 3.8) is 0 Å². The predicted octanol–water partition coefficient (Wildman–Crippen LogP) is 13.6. The van der Waals surface area contributed by atoms with Crippen LogP contribution in [-0.2, 0) is 0 Å². The first-order chi connectivity index (χ1) is 24.3. The maximum absolute atomic E-state index is 14.0. The average molecular weight is 738 g/mol. The molecule has 0 N–H and O–H groups in total. The van der Waals surface area contributed by atoms with Gasteiger partial charge in [-0.2, -0.15) is 0 Å². The topological polar surface area (TPSA) is 55.8 Å². The number of amides is 2. The highest BCUT2D eigenvalue weighted by Crippen LogP contribution is 2.53. The third-order valence-electron chi connectivity index (χ3n) is 10.5. The van der Waals surface area contributed by atoms with Crippen molar-refractivity contribution in [3.8, 4) is 21.3 Å². The van der Waals surface area contributed by atoms with Gasteiger partial charge in [-0.1, -0.05) is 105 Å². The summed E-state index contributed by atoms with van der Waals surface area (Å²) in [6, 6.07) is 4.48. The van der Waals surface area contributed by atoms with Gasteiger partial charge in [0.1, 0.15) is 11.5 Å². The summed E-state index contributed by atoms with van der Waals surface area (Å²) in [5.41, 5.74) is 1.19. The molecule has 0 radical (unpaired) electrons. The van der Waals surface area contributed by atoms with Gasteiger partial charge in [-0.05, 0) is 57.1 Å². The van der Waals surface area contributed by atoms with Gasteiger partial charge in [0.2, 0.25) is 0 Å². The molecule has 1 aliphatic heterocycles. The first-order valence-electron chi connectivity index (χ1n) is 19.5. The third kappa shape index (κ3) is 8.44. The highest BCUT2D eigenvalue weighted by Gasteiger charge is 2.41. The van der Waals surface area contributed by atoms with Crippen molar-refractivity contribution in [3.05, 3.63) is 33.0 Å². The standard InChI is InChI=1S/C42H59NO4S3/c1-8-13-16-17-18-19-22-43-41(44)34-28(7)49-40(35(34)42(43)45)33-24-32-37(47-26-30(12-5)21-15-10-3)38-31(23-27(6)48-38)36(39(32)50-33)46-25-29(11-4)20-14-9-2/h23-24,29-30H,8-22,25-26H2,1-7H3. The summed E-state index contributed by atoms with van der Waals surface area (Å²) < 4.78 is 16.0. The van der Waals surface area contributed by atoms with E-state index in [0.29, 0.717) is 42.7 Å². The molecule has 4 heterocycles. The predicted molar refractivity (Wildman–Crippen MR) is 216 cm³/mol. The van der Waals surface area contributed by atoms with Crippen molar-refractivity contribution >= 4 is 66.0 Å². The van der Waals surface area contributed by atoms with E-state index in [9.17, 15) is 9.59 Å². The lowest BCUT2D eigenvalue weighted by molar-refractivity contribution is 0.0651. The number of carbonyl (C=O) groups is 2. The van der Waals surface area contributed by atoms with E-state index in [1.165, 1.54) is 67.6 Å². The minimum Gasteiger partial charge on any atom is -0.491 e. The van der Waals surface area contributed by atoms with E-state index < -0.39 is 0 Å². The van der Waals surface area contributed by atoms with E-state index >= 15 is 0 Å². The Labute approximate surface area is 312 Å². The summed E-state index contributed by atoms with van der Waals surface area (Å²) in [4.78, 5) is 33.2. The maximum atomic E-state index is 14.0. The molecular weight excluding hydrogens is 679 g/mol. The van der Waals surface area contributed by atoms with Gasteiger partial charge in [-0.3, -0.25) is 14.5 Å². The molecule has 0 fully saturated rings. The lowest BCUT2D eigenvalue weighted by Gasteiger charge is -2.19. The van der Waals surface area contributed by atoms with Gasteiger partial charge in [0.25, 0.3) is 11.8 Å². The zero-order valence-corrected chi connectivity index (χ0v) is 34.1. The molecule has 0 saturated heterocycles. The smallest absolute Gasteiger partial charge is 0.263 e. The van der Waals surface area contributed by atoms with Crippen LogP contribution in [0.25, 0.3) is 29.9 Å². The molecule has 2 amide bonds. The Morgan fingerprint density at radius 2 is 1.18 bits per heavy atom. The highest BCUT2D eigenvalue weighted by molar-refractivity contribution is 7.27. The number of ether oxygens (including phenoxy) is 2. The first-order valence-corrected chi connectivity index (χ1v) is 22.0. The molecule has 274 valence electrons. The van der Waals surface area contributed by atoms with Crippen molar-refractivity contribution < 1.29 is 19.1 Å². The first kappa shape index (κ1) is 38.8. The monoisotopic (exact) mass is 737 g/mol. The summed E-state index contributed by atoms with van der Waals surface area (Å²) in [5.74, 6) is 2.62. The molecule has 2 unspecified atom stereocenters. The average Bonchev–Trinajstić information content (AvgIpc) is 3.86. The maximum Gasteiger partial charge on any atom is 0.263 e. The number of nitrogens with zero attached hydrogens (tertiary/aromatic N) is 1. The lowest BCUT2D eigenvalue weighted by atomic mass is 10.0. The van der Waals surface area contributed by atoms with Gasteiger partial charge in [0.15, 0.2) is 0 Å². The molecule has 5 nitrogen and oxygen atoms in total. The molecule has 0 spiro atoms. The van der Waals surface area contributed by atoms with Crippen molar-refractivity contribution in [1.29, 1.82) is 0 Å². The van der Waals surface area contributed by atoms with Crippen LogP contribution in [0.2, 0.25) is 0 Å². The summed E-state index contributed by atoms with van der Waals surface area (Å²) in [7, 11) is 0. The zero-order valence-electron chi connectivity index (χ0n) is 31.6. The molecule has 0 aliphatic carbocycles. The highest BCUT2D eigenvalue weighted by atomic mass is 32.1.